The van der Waals surface area contributed by atoms with Gasteiger partial charge < -0.3 is 4.52 Å². The summed E-state index contributed by atoms with van der Waals surface area (Å²) in [6.45, 7) is 2.85. The highest BCUT2D eigenvalue weighted by atomic mass is 31.2. The minimum absolute atomic E-state index is 0.570. The predicted molar refractivity (Wildman–Crippen MR) is 22.2 cm³/mol. The monoisotopic (exact) mass is 126 g/mol. The Balaban J connectivity index is 3.57. The molecule has 42 valence electrons. The minimum Gasteiger partial charge on any atom is -0.410 e. The van der Waals surface area contributed by atoms with E-state index < -0.39 is 7.91 Å². The zero-order valence-electron chi connectivity index (χ0n) is 3.37. The Morgan fingerprint density at radius 2 is 2.43 bits per heavy atom. The molecular weight excluding hydrogens is 122 g/mol. The fourth-order valence-electron chi connectivity index (χ4n) is 0.0919. The van der Waals surface area contributed by atoms with Crippen LogP contribution in [0.2, 0.25) is 0 Å². The van der Waals surface area contributed by atoms with Crippen LogP contribution in [0.15, 0.2) is 12.8 Å². The number of halogens is 1. The summed E-state index contributed by atoms with van der Waals surface area (Å²) in [4.78, 5) is 7.61. The van der Waals surface area contributed by atoms with Crippen molar-refractivity contribution in [1.29, 1.82) is 0 Å². The van der Waals surface area contributed by atoms with Gasteiger partial charge >= 0.3 is 7.91 Å². The molecule has 0 aromatic heterocycles. The van der Waals surface area contributed by atoms with Crippen molar-refractivity contribution >= 4 is 7.91 Å². The van der Waals surface area contributed by atoms with Crippen molar-refractivity contribution in [2.24, 2.45) is 0 Å². The van der Waals surface area contributed by atoms with Crippen molar-refractivity contribution in [2.45, 2.75) is 0 Å². The van der Waals surface area contributed by atoms with E-state index in [2.05, 4.69) is 11.1 Å². The van der Waals surface area contributed by atoms with Crippen LogP contribution in [0.3, 0.4) is 0 Å². The fourth-order valence-corrected chi connectivity index (χ4v) is 0.276. The van der Waals surface area contributed by atoms with Gasteiger partial charge in [-0.1, -0.05) is 6.58 Å². The maximum absolute atomic E-state index is 11.2. The lowest BCUT2D eigenvalue weighted by molar-refractivity contribution is 0.302. The molecule has 0 heterocycles. The molecule has 0 saturated carbocycles. The SMILES string of the molecule is C=COP(=O)(O)F. The first kappa shape index (κ1) is 6.66. The molecule has 0 aromatic carbocycles. The van der Waals surface area contributed by atoms with Crippen LogP contribution in [-0.4, -0.2) is 4.89 Å². The van der Waals surface area contributed by atoms with Crippen LogP contribution in [0.4, 0.5) is 4.20 Å². The molecule has 5 heteroatoms. The van der Waals surface area contributed by atoms with Gasteiger partial charge in [-0.25, -0.2) is 4.57 Å². The summed E-state index contributed by atoms with van der Waals surface area (Å²) in [5, 5.41) is 0. The lowest BCUT2D eigenvalue weighted by atomic mass is 11.2. The Labute approximate surface area is 40.1 Å². The van der Waals surface area contributed by atoms with E-state index in [4.69, 9.17) is 4.89 Å². The Hall–Kier alpha value is -0.340. The van der Waals surface area contributed by atoms with Gasteiger partial charge in [0.15, 0.2) is 0 Å². The first-order chi connectivity index (χ1) is 3.06. The van der Waals surface area contributed by atoms with Crippen LogP contribution in [0.1, 0.15) is 0 Å². The van der Waals surface area contributed by atoms with E-state index in [0.717, 1.165) is 0 Å². The maximum atomic E-state index is 11.2. The summed E-state index contributed by atoms with van der Waals surface area (Å²) in [5.74, 6) is 0. The highest BCUT2D eigenvalue weighted by Gasteiger charge is 2.14. The zero-order valence-corrected chi connectivity index (χ0v) is 4.27. The topological polar surface area (TPSA) is 46.5 Å². The van der Waals surface area contributed by atoms with Crippen LogP contribution < -0.4 is 0 Å². The average molecular weight is 126 g/mol. The average Bonchev–Trinajstić information content (AvgIpc) is 1.30. The van der Waals surface area contributed by atoms with E-state index in [-0.39, 0.29) is 0 Å². The molecule has 0 rings (SSSR count). The van der Waals surface area contributed by atoms with Crippen molar-refractivity contribution in [1.82, 2.24) is 0 Å². The molecule has 1 unspecified atom stereocenters. The van der Waals surface area contributed by atoms with Gasteiger partial charge in [0.2, 0.25) is 0 Å². The first-order valence-corrected chi connectivity index (χ1v) is 2.85. The van der Waals surface area contributed by atoms with E-state index in [9.17, 15) is 8.76 Å². The summed E-state index contributed by atoms with van der Waals surface area (Å²) in [7, 11) is -4.78. The van der Waals surface area contributed by atoms with Crippen molar-refractivity contribution < 1.29 is 18.2 Å². The summed E-state index contributed by atoms with van der Waals surface area (Å²) >= 11 is 0. The summed E-state index contributed by atoms with van der Waals surface area (Å²) in [5.41, 5.74) is 0. The van der Waals surface area contributed by atoms with Gasteiger partial charge in [0, 0.05) is 0 Å². The Morgan fingerprint density at radius 1 is 2.00 bits per heavy atom. The fraction of sp³-hybridized carbons (Fsp3) is 0. The second kappa shape index (κ2) is 2.09. The van der Waals surface area contributed by atoms with Crippen molar-refractivity contribution in [3.8, 4) is 0 Å². The lowest BCUT2D eigenvalue weighted by Gasteiger charge is -1.93. The Kier molecular flexibility index (Phi) is 1.99. The van der Waals surface area contributed by atoms with Crippen LogP contribution in [-0.2, 0) is 9.09 Å². The molecule has 0 aliphatic heterocycles. The van der Waals surface area contributed by atoms with Crippen molar-refractivity contribution in [3.63, 3.8) is 0 Å². The molecule has 1 atom stereocenters. The van der Waals surface area contributed by atoms with Crippen LogP contribution in [0.25, 0.3) is 0 Å². The predicted octanol–water partition coefficient (Wildman–Crippen LogP) is 1.22. The molecule has 0 aliphatic rings. The van der Waals surface area contributed by atoms with Gasteiger partial charge in [-0.05, 0) is 0 Å². The number of hydrogen-bond acceptors (Lipinski definition) is 2. The molecular formula is C2H4FO3P. The van der Waals surface area contributed by atoms with E-state index in [1.54, 1.807) is 0 Å². The summed E-state index contributed by atoms with van der Waals surface area (Å²) in [6.07, 6.45) is 0.570. The van der Waals surface area contributed by atoms with Gasteiger partial charge in [-0.15, -0.1) is 4.20 Å². The number of rotatable bonds is 2. The highest BCUT2D eigenvalue weighted by Crippen LogP contribution is 2.43. The molecule has 0 fully saturated rings. The molecule has 0 bridgehead atoms. The quantitative estimate of drug-likeness (QED) is 0.446. The Morgan fingerprint density at radius 3 is 2.43 bits per heavy atom. The van der Waals surface area contributed by atoms with Gasteiger partial charge in [-0.2, -0.15) is 0 Å². The van der Waals surface area contributed by atoms with E-state index in [1.807, 2.05) is 0 Å². The molecule has 3 nitrogen and oxygen atoms in total. The highest BCUT2D eigenvalue weighted by molar-refractivity contribution is 7.47. The minimum atomic E-state index is -4.78. The van der Waals surface area contributed by atoms with Crippen molar-refractivity contribution in [2.75, 3.05) is 0 Å². The van der Waals surface area contributed by atoms with Crippen molar-refractivity contribution in [3.05, 3.63) is 12.8 Å². The third-order valence-electron chi connectivity index (χ3n) is 0.205. The third-order valence-corrected chi connectivity index (χ3v) is 0.614. The summed E-state index contributed by atoms with van der Waals surface area (Å²) in [6, 6.07) is 0. The maximum Gasteiger partial charge on any atom is 0.566 e. The lowest BCUT2D eigenvalue weighted by Crippen LogP contribution is -1.68. The standard InChI is InChI=1S/C2H4FO3P/c1-2-6-7(3,4)5/h2H,1H2,(H,4,5). The van der Waals surface area contributed by atoms with Gasteiger partial charge in [0.05, 0.1) is 6.26 Å². The molecule has 0 aliphatic carbocycles. The van der Waals surface area contributed by atoms with E-state index in [0.29, 0.717) is 6.26 Å². The van der Waals surface area contributed by atoms with E-state index >= 15 is 0 Å². The van der Waals surface area contributed by atoms with Gasteiger partial charge in [0.1, 0.15) is 0 Å². The second-order valence-electron chi connectivity index (χ2n) is 0.724. The summed E-state index contributed by atoms with van der Waals surface area (Å²) < 4.78 is 24.1. The zero-order chi connectivity index (χ0) is 5.91. The number of hydrogen-bond donors (Lipinski definition) is 1. The molecule has 0 amide bonds. The molecule has 0 saturated heterocycles. The largest absolute Gasteiger partial charge is 0.566 e. The molecule has 7 heavy (non-hydrogen) atoms. The van der Waals surface area contributed by atoms with Crippen LogP contribution in [0.5, 0.6) is 0 Å². The van der Waals surface area contributed by atoms with E-state index in [1.165, 1.54) is 0 Å². The second-order valence-corrected chi connectivity index (χ2v) is 1.84. The molecule has 0 spiro atoms. The first-order valence-electron chi connectivity index (χ1n) is 1.38. The third kappa shape index (κ3) is 5.66. The molecule has 0 radical (unpaired) electrons. The molecule has 1 N–H and O–H groups in total. The normalized spacial score (nSPS) is 17.4. The molecule has 0 aromatic rings. The van der Waals surface area contributed by atoms with Crippen LogP contribution >= 0.6 is 7.91 Å². The van der Waals surface area contributed by atoms with Gasteiger partial charge in [0.25, 0.3) is 0 Å². The smallest absolute Gasteiger partial charge is 0.410 e. The van der Waals surface area contributed by atoms with Gasteiger partial charge in [-0.3, -0.25) is 4.89 Å². The van der Waals surface area contributed by atoms with Crippen LogP contribution in [0, 0.1) is 0 Å². The Bertz CT molecular complexity index is 106.